The Balaban J connectivity index is 2.03. The number of non-ortho nitro benzene ring substituents is 1. The van der Waals surface area contributed by atoms with Gasteiger partial charge in [-0.1, -0.05) is 0 Å². The average Bonchev–Trinajstić information content (AvgIpc) is 2.34. The molecule has 0 atom stereocenters. The van der Waals surface area contributed by atoms with Gasteiger partial charge in [0.2, 0.25) is 0 Å². The van der Waals surface area contributed by atoms with Crippen LogP contribution in [-0.4, -0.2) is 36.1 Å². The quantitative estimate of drug-likeness (QED) is 0.610. The van der Waals surface area contributed by atoms with Crippen LogP contribution >= 0.6 is 0 Å². The van der Waals surface area contributed by atoms with Gasteiger partial charge >= 0.3 is 0 Å². The number of nitrogens with zero attached hydrogens (tertiary/aromatic N) is 2. The van der Waals surface area contributed by atoms with Gasteiger partial charge in [0.05, 0.1) is 4.92 Å². The maximum Gasteiger partial charge on any atom is 0.269 e. The monoisotopic (exact) mass is 250 g/mol. The molecule has 0 spiro atoms. The van der Waals surface area contributed by atoms with Gasteiger partial charge in [0.15, 0.2) is 0 Å². The summed E-state index contributed by atoms with van der Waals surface area (Å²) in [5.41, 5.74) is 0.936. The van der Waals surface area contributed by atoms with E-state index in [0.717, 1.165) is 37.2 Å². The number of piperidine rings is 1. The van der Waals surface area contributed by atoms with Crippen LogP contribution in [0.25, 0.3) is 0 Å². The highest BCUT2D eigenvalue weighted by molar-refractivity contribution is 5.43. The predicted molar refractivity (Wildman–Crippen MR) is 69.0 cm³/mol. The SMILES string of the molecule is Cc1cc([N+](=O)[O-])ccc1OC1CCN(C)CC1. The second-order valence-electron chi connectivity index (χ2n) is 4.83. The van der Waals surface area contributed by atoms with E-state index < -0.39 is 0 Å². The van der Waals surface area contributed by atoms with E-state index >= 15 is 0 Å². The Kier molecular flexibility index (Phi) is 3.81. The number of rotatable bonds is 3. The zero-order chi connectivity index (χ0) is 13.1. The summed E-state index contributed by atoms with van der Waals surface area (Å²) in [5, 5.41) is 10.6. The second-order valence-corrected chi connectivity index (χ2v) is 4.83. The minimum absolute atomic E-state index is 0.114. The summed E-state index contributed by atoms with van der Waals surface area (Å²) in [4.78, 5) is 12.5. The lowest BCUT2D eigenvalue weighted by Crippen LogP contribution is -2.35. The van der Waals surface area contributed by atoms with Gasteiger partial charge in [0.25, 0.3) is 5.69 Å². The molecule has 1 aliphatic rings. The first-order valence-corrected chi connectivity index (χ1v) is 6.16. The van der Waals surface area contributed by atoms with Crippen molar-refractivity contribution >= 4 is 5.69 Å². The van der Waals surface area contributed by atoms with E-state index in [1.807, 2.05) is 6.92 Å². The molecule has 18 heavy (non-hydrogen) atoms. The zero-order valence-corrected chi connectivity index (χ0v) is 10.8. The first kappa shape index (κ1) is 12.8. The molecule has 0 bridgehead atoms. The van der Waals surface area contributed by atoms with Crippen molar-refractivity contribution in [2.75, 3.05) is 20.1 Å². The molecule has 1 saturated heterocycles. The Bertz CT molecular complexity index is 440. The lowest BCUT2D eigenvalue weighted by Gasteiger charge is -2.29. The molecule has 2 rings (SSSR count). The summed E-state index contributed by atoms with van der Waals surface area (Å²) >= 11 is 0. The maximum atomic E-state index is 10.6. The van der Waals surface area contributed by atoms with Gasteiger partial charge in [-0.25, -0.2) is 0 Å². The number of hydrogen-bond donors (Lipinski definition) is 0. The van der Waals surface area contributed by atoms with E-state index in [1.165, 1.54) is 6.07 Å². The molecule has 5 heteroatoms. The molecular formula is C13H18N2O3. The Labute approximate surface area is 107 Å². The molecule has 98 valence electrons. The number of nitro benzene ring substituents is 1. The third-order valence-electron chi connectivity index (χ3n) is 3.33. The van der Waals surface area contributed by atoms with E-state index in [4.69, 9.17) is 4.74 Å². The van der Waals surface area contributed by atoms with E-state index in [1.54, 1.807) is 12.1 Å². The molecule has 5 nitrogen and oxygen atoms in total. The number of nitro groups is 1. The summed E-state index contributed by atoms with van der Waals surface area (Å²) in [5.74, 6) is 0.759. The van der Waals surface area contributed by atoms with Gasteiger partial charge in [-0.2, -0.15) is 0 Å². The molecule has 0 aliphatic carbocycles. The summed E-state index contributed by atoms with van der Waals surface area (Å²) in [6.07, 6.45) is 2.24. The fraction of sp³-hybridized carbons (Fsp3) is 0.538. The van der Waals surface area contributed by atoms with Crippen molar-refractivity contribution in [2.24, 2.45) is 0 Å². The van der Waals surface area contributed by atoms with Crippen LogP contribution in [0.15, 0.2) is 18.2 Å². The molecule has 1 aromatic rings. The molecular weight excluding hydrogens is 232 g/mol. The van der Waals surface area contributed by atoms with E-state index in [0.29, 0.717) is 0 Å². The Morgan fingerprint density at radius 2 is 2.06 bits per heavy atom. The molecule has 0 aromatic heterocycles. The van der Waals surface area contributed by atoms with E-state index in [-0.39, 0.29) is 16.7 Å². The van der Waals surface area contributed by atoms with Crippen LogP contribution in [0.1, 0.15) is 18.4 Å². The van der Waals surface area contributed by atoms with Gasteiger partial charge in [-0.15, -0.1) is 0 Å². The smallest absolute Gasteiger partial charge is 0.269 e. The van der Waals surface area contributed by atoms with Crippen molar-refractivity contribution in [3.8, 4) is 5.75 Å². The van der Waals surface area contributed by atoms with Crippen molar-refractivity contribution in [2.45, 2.75) is 25.9 Å². The summed E-state index contributed by atoms with van der Waals surface area (Å²) in [7, 11) is 2.10. The minimum atomic E-state index is -0.383. The van der Waals surface area contributed by atoms with Crippen molar-refractivity contribution in [3.05, 3.63) is 33.9 Å². The highest BCUT2D eigenvalue weighted by atomic mass is 16.6. The zero-order valence-electron chi connectivity index (χ0n) is 10.8. The van der Waals surface area contributed by atoms with E-state index in [9.17, 15) is 10.1 Å². The van der Waals surface area contributed by atoms with Crippen LogP contribution in [0.5, 0.6) is 5.75 Å². The number of ether oxygens (including phenoxy) is 1. The molecule has 0 unspecified atom stereocenters. The largest absolute Gasteiger partial charge is 0.490 e. The third kappa shape index (κ3) is 2.98. The van der Waals surface area contributed by atoms with E-state index in [2.05, 4.69) is 11.9 Å². The fourth-order valence-electron chi connectivity index (χ4n) is 2.16. The summed E-state index contributed by atoms with van der Waals surface area (Å²) < 4.78 is 5.92. The Hall–Kier alpha value is -1.62. The summed E-state index contributed by atoms with van der Waals surface area (Å²) in [6.45, 7) is 3.92. The molecule has 0 radical (unpaired) electrons. The molecule has 1 fully saturated rings. The van der Waals surface area contributed by atoms with Crippen LogP contribution in [-0.2, 0) is 0 Å². The molecule has 1 aliphatic heterocycles. The number of benzene rings is 1. The van der Waals surface area contributed by atoms with Crippen LogP contribution in [0.2, 0.25) is 0 Å². The first-order chi connectivity index (χ1) is 8.56. The molecule has 0 amide bonds. The fourth-order valence-corrected chi connectivity index (χ4v) is 2.16. The van der Waals surface area contributed by atoms with Gasteiger partial charge in [-0.3, -0.25) is 10.1 Å². The molecule has 1 aromatic carbocycles. The minimum Gasteiger partial charge on any atom is -0.490 e. The molecule has 0 N–H and O–H groups in total. The normalized spacial score (nSPS) is 17.7. The highest BCUT2D eigenvalue weighted by Gasteiger charge is 2.19. The standard InChI is InChI=1S/C13H18N2O3/c1-10-9-11(15(16)17)3-4-13(10)18-12-5-7-14(2)8-6-12/h3-4,9,12H,5-8H2,1-2H3. The lowest BCUT2D eigenvalue weighted by atomic mass is 10.1. The average molecular weight is 250 g/mol. The van der Waals surface area contributed by atoms with Gasteiger partial charge in [0, 0.05) is 25.2 Å². The van der Waals surface area contributed by atoms with Crippen molar-refractivity contribution in [3.63, 3.8) is 0 Å². The van der Waals surface area contributed by atoms with Crippen molar-refractivity contribution < 1.29 is 9.66 Å². The first-order valence-electron chi connectivity index (χ1n) is 6.16. The maximum absolute atomic E-state index is 10.6. The van der Waals surface area contributed by atoms with Crippen LogP contribution in [0, 0.1) is 17.0 Å². The molecule has 1 heterocycles. The predicted octanol–water partition coefficient (Wildman–Crippen LogP) is 2.38. The summed E-state index contributed by atoms with van der Waals surface area (Å²) in [6, 6.07) is 4.76. The topological polar surface area (TPSA) is 55.6 Å². The van der Waals surface area contributed by atoms with Crippen molar-refractivity contribution in [1.29, 1.82) is 0 Å². The Morgan fingerprint density at radius 3 is 2.61 bits per heavy atom. The Morgan fingerprint density at radius 1 is 1.39 bits per heavy atom. The van der Waals surface area contributed by atoms with Crippen LogP contribution in [0.4, 0.5) is 5.69 Å². The third-order valence-corrected chi connectivity index (χ3v) is 3.33. The van der Waals surface area contributed by atoms with Gasteiger partial charge in [-0.05, 0) is 38.4 Å². The lowest BCUT2D eigenvalue weighted by molar-refractivity contribution is -0.384. The second kappa shape index (κ2) is 5.35. The number of hydrogen-bond acceptors (Lipinski definition) is 4. The highest BCUT2D eigenvalue weighted by Crippen LogP contribution is 2.26. The van der Waals surface area contributed by atoms with Gasteiger partial charge in [0.1, 0.15) is 11.9 Å². The van der Waals surface area contributed by atoms with Gasteiger partial charge < -0.3 is 9.64 Å². The van der Waals surface area contributed by atoms with Crippen molar-refractivity contribution in [1.82, 2.24) is 4.90 Å². The number of likely N-dealkylation sites (tertiary alicyclic amines) is 1. The van der Waals surface area contributed by atoms with Crippen LogP contribution in [0.3, 0.4) is 0 Å². The molecule has 0 saturated carbocycles. The van der Waals surface area contributed by atoms with Crippen LogP contribution < -0.4 is 4.74 Å². The number of aryl methyl sites for hydroxylation is 1.